The maximum absolute atomic E-state index is 12.6. The quantitative estimate of drug-likeness (QED) is 0.0233. The molecule has 0 amide bonds. The summed E-state index contributed by atoms with van der Waals surface area (Å²) in [5.74, 6) is -2.43. The fourth-order valence-corrected chi connectivity index (χ4v) is 6.11. The van der Waals surface area contributed by atoms with Crippen molar-refractivity contribution in [2.24, 2.45) is 5.73 Å². The lowest BCUT2D eigenvalue weighted by atomic mass is 10.1. The fraction of sp³-hybridized carbons (Fsp3) is 0.705. The first kappa shape index (κ1) is 53.2. The van der Waals surface area contributed by atoms with E-state index in [4.69, 9.17) is 24.8 Å². The van der Waals surface area contributed by atoms with E-state index in [-0.39, 0.29) is 19.4 Å². The number of phosphoric acid groups is 1. The van der Waals surface area contributed by atoms with Crippen LogP contribution >= 0.6 is 7.82 Å². The standard InChI is InChI=1S/C44H76NO10P/c1-3-5-7-9-11-13-15-17-19-20-22-24-26-28-30-32-34-36-43(47)55-40(38-53-56(50,51)54-39-41(45)44(48)49)37-52-42(46)35-33-31-29-27-25-23-21-18-16-14-12-10-8-6-4-2/h7,9-10,12-13,15,19-20,24,26,40-41H,3-6,8,11,14,16-18,21-23,25,27-39,45H2,1-2H3,(H,48,49)(H,50,51)/b9-7+,12-10+,15-13+,20-19+,26-24+/t40-,41+/m1/s1. The number of carboxylic acids is 1. The predicted octanol–water partition coefficient (Wildman–Crippen LogP) is 11.2. The minimum Gasteiger partial charge on any atom is -0.480 e. The molecule has 0 saturated carbocycles. The average Bonchev–Trinajstić information content (AvgIpc) is 3.17. The normalized spacial score (nSPS) is 14.4. The maximum atomic E-state index is 12.6. The number of carbonyl (C=O) groups is 3. The SMILES string of the molecule is CCC/C=C/C/C=C/C/C=C/C/C=C/CCCCCC(=O)O[C@H](COC(=O)CCCCCCCCCCC/C=C/CCCC)COP(=O)(O)OC[C@H](N)C(=O)O. The van der Waals surface area contributed by atoms with Crippen molar-refractivity contribution < 1.29 is 47.5 Å². The van der Waals surface area contributed by atoms with Gasteiger partial charge in [0.15, 0.2) is 6.10 Å². The zero-order valence-electron chi connectivity index (χ0n) is 34.7. The monoisotopic (exact) mass is 810 g/mol. The van der Waals surface area contributed by atoms with Crippen molar-refractivity contribution >= 4 is 25.7 Å². The van der Waals surface area contributed by atoms with Gasteiger partial charge in [0.05, 0.1) is 13.2 Å². The van der Waals surface area contributed by atoms with Gasteiger partial charge in [0.2, 0.25) is 0 Å². The summed E-state index contributed by atoms with van der Waals surface area (Å²) in [6.07, 6.45) is 44.2. The van der Waals surface area contributed by atoms with E-state index in [1.54, 1.807) is 0 Å². The molecule has 0 heterocycles. The Morgan fingerprint density at radius 3 is 1.52 bits per heavy atom. The number of esters is 2. The van der Waals surface area contributed by atoms with Crippen molar-refractivity contribution in [2.45, 2.75) is 180 Å². The third-order valence-corrected chi connectivity index (χ3v) is 9.67. The van der Waals surface area contributed by atoms with Crippen molar-refractivity contribution in [3.63, 3.8) is 0 Å². The van der Waals surface area contributed by atoms with E-state index in [0.29, 0.717) is 12.8 Å². The summed E-state index contributed by atoms with van der Waals surface area (Å²) in [5, 5.41) is 8.88. The van der Waals surface area contributed by atoms with Crippen molar-refractivity contribution in [1.82, 2.24) is 0 Å². The molecule has 0 aliphatic carbocycles. The highest BCUT2D eigenvalue weighted by molar-refractivity contribution is 7.47. The maximum Gasteiger partial charge on any atom is 0.472 e. The number of rotatable bonds is 39. The highest BCUT2D eigenvalue weighted by atomic mass is 31.2. The lowest BCUT2D eigenvalue weighted by Gasteiger charge is -2.20. The molecule has 0 radical (unpaired) electrons. The highest BCUT2D eigenvalue weighted by Gasteiger charge is 2.28. The van der Waals surface area contributed by atoms with Gasteiger partial charge in [0.1, 0.15) is 12.6 Å². The molecule has 0 aromatic rings. The number of phosphoric ester groups is 1. The second kappa shape index (κ2) is 39.0. The molecule has 0 saturated heterocycles. The van der Waals surface area contributed by atoms with Crippen LogP contribution in [0.3, 0.4) is 0 Å². The van der Waals surface area contributed by atoms with E-state index < -0.39 is 51.1 Å². The first-order valence-electron chi connectivity index (χ1n) is 21.3. The van der Waals surface area contributed by atoms with E-state index in [9.17, 15) is 23.8 Å². The van der Waals surface area contributed by atoms with E-state index in [1.807, 2.05) is 0 Å². The molecule has 0 bridgehead atoms. The Morgan fingerprint density at radius 1 is 0.554 bits per heavy atom. The van der Waals surface area contributed by atoms with Crippen molar-refractivity contribution in [3.05, 3.63) is 60.8 Å². The molecule has 11 nitrogen and oxygen atoms in total. The smallest absolute Gasteiger partial charge is 0.472 e. The summed E-state index contributed by atoms with van der Waals surface area (Å²) in [6, 6.07) is -1.53. The second-order valence-corrected chi connectivity index (χ2v) is 15.6. The Labute approximate surface area is 338 Å². The molecule has 322 valence electrons. The van der Waals surface area contributed by atoms with Crippen LogP contribution in [0, 0.1) is 0 Å². The number of carboxylic acid groups (broad SMARTS) is 1. The largest absolute Gasteiger partial charge is 0.480 e. The Bertz CT molecular complexity index is 1180. The van der Waals surface area contributed by atoms with Gasteiger partial charge in [-0.2, -0.15) is 0 Å². The molecule has 4 N–H and O–H groups in total. The Morgan fingerprint density at radius 2 is 0.982 bits per heavy atom. The summed E-state index contributed by atoms with van der Waals surface area (Å²) >= 11 is 0. The molecule has 0 rings (SSSR count). The van der Waals surface area contributed by atoms with Crippen LogP contribution in [-0.4, -0.2) is 59.9 Å². The molecule has 0 aliphatic heterocycles. The van der Waals surface area contributed by atoms with E-state index in [2.05, 4.69) is 79.1 Å². The molecular weight excluding hydrogens is 733 g/mol. The van der Waals surface area contributed by atoms with Crippen molar-refractivity contribution in [1.29, 1.82) is 0 Å². The molecule has 0 fully saturated rings. The minimum absolute atomic E-state index is 0.121. The van der Waals surface area contributed by atoms with Gasteiger partial charge < -0.3 is 25.2 Å². The number of unbranched alkanes of at least 4 members (excludes halogenated alkanes) is 15. The Kier molecular flexibility index (Phi) is 37.1. The van der Waals surface area contributed by atoms with E-state index in [1.165, 1.54) is 64.2 Å². The molecule has 56 heavy (non-hydrogen) atoms. The summed E-state index contributed by atoms with van der Waals surface area (Å²) in [4.78, 5) is 45.9. The number of ether oxygens (including phenoxy) is 2. The van der Waals surface area contributed by atoms with E-state index >= 15 is 0 Å². The lowest BCUT2D eigenvalue weighted by Crippen LogP contribution is -2.34. The number of hydrogen-bond donors (Lipinski definition) is 3. The van der Waals surface area contributed by atoms with Gasteiger partial charge >= 0.3 is 25.7 Å². The molecule has 0 aliphatic rings. The van der Waals surface area contributed by atoms with Gasteiger partial charge in [-0.25, -0.2) is 4.57 Å². The van der Waals surface area contributed by atoms with Crippen LogP contribution in [0.5, 0.6) is 0 Å². The summed E-state index contributed by atoms with van der Waals surface area (Å²) in [7, 11) is -4.73. The second-order valence-electron chi connectivity index (χ2n) is 14.1. The molecule has 0 aromatic carbocycles. The highest BCUT2D eigenvalue weighted by Crippen LogP contribution is 2.43. The third-order valence-electron chi connectivity index (χ3n) is 8.72. The topological polar surface area (TPSA) is 172 Å². The van der Waals surface area contributed by atoms with Crippen LogP contribution in [0.2, 0.25) is 0 Å². The molecule has 0 aromatic heterocycles. The zero-order chi connectivity index (χ0) is 41.4. The van der Waals surface area contributed by atoms with Gasteiger partial charge in [0.25, 0.3) is 0 Å². The van der Waals surface area contributed by atoms with Gasteiger partial charge in [-0.15, -0.1) is 0 Å². The van der Waals surface area contributed by atoms with Crippen LogP contribution in [0.25, 0.3) is 0 Å². The summed E-state index contributed by atoms with van der Waals surface area (Å²) in [5.41, 5.74) is 5.33. The third kappa shape index (κ3) is 38.1. The molecule has 3 atom stereocenters. The molecular formula is C44H76NO10P. The number of allylic oxidation sites excluding steroid dienone is 10. The van der Waals surface area contributed by atoms with Crippen molar-refractivity contribution in [2.75, 3.05) is 19.8 Å². The van der Waals surface area contributed by atoms with Crippen LogP contribution in [0.15, 0.2) is 60.8 Å². The van der Waals surface area contributed by atoms with Gasteiger partial charge in [-0.05, 0) is 70.6 Å². The number of aliphatic carboxylic acids is 1. The first-order chi connectivity index (χ1) is 27.1. The molecule has 12 heteroatoms. The molecule has 1 unspecified atom stereocenters. The zero-order valence-corrected chi connectivity index (χ0v) is 35.6. The Balaban J connectivity index is 4.45. The summed E-state index contributed by atoms with van der Waals surface area (Å²) in [6.45, 7) is 2.66. The first-order valence-corrected chi connectivity index (χ1v) is 22.8. The van der Waals surface area contributed by atoms with Crippen LogP contribution in [0.4, 0.5) is 0 Å². The van der Waals surface area contributed by atoms with Crippen LogP contribution in [-0.2, 0) is 37.5 Å². The number of carbonyl (C=O) groups excluding carboxylic acids is 2. The predicted molar refractivity (Wildman–Crippen MR) is 226 cm³/mol. The lowest BCUT2D eigenvalue weighted by molar-refractivity contribution is -0.161. The van der Waals surface area contributed by atoms with Crippen LogP contribution < -0.4 is 5.73 Å². The van der Waals surface area contributed by atoms with Gasteiger partial charge in [0, 0.05) is 12.8 Å². The van der Waals surface area contributed by atoms with Gasteiger partial charge in [-0.3, -0.25) is 23.4 Å². The van der Waals surface area contributed by atoms with Crippen molar-refractivity contribution in [3.8, 4) is 0 Å². The number of hydrogen-bond acceptors (Lipinski definition) is 9. The van der Waals surface area contributed by atoms with E-state index in [0.717, 1.165) is 64.2 Å². The summed E-state index contributed by atoms with van der Waals surface area (Å²) < 4.78 is 32.6. The number of nitrogens with two attached hydrogens (primary N) is 1. The fourth-order valence-electron chi connectivity index (χ4n) is 5.33. The van der Waals surface area contributed by atoms with Crippen LogP contribution in [0.1, 0.15) is 168 Å². The minimum atomic E-state index is -4.73. The average molecular weight is 810 g/mol. The molecule has 0 spiro atoms. The van der Waals surface area contributed by atoms with Gasteiger partial charge in [-0.1, -0.05) is 145 Å². The Hall–Kier alpha value is -2.82.